The van der Waals surface area contributed by atoms with Crippen molar-refractivity contribution in [3.8, 4) is 0 Å². The summed E-state index contributed by atoms with van der Waals surface area (Å²) in [6.45, 7) is 21.3. The van der Waals surface area contributed by atoms with Crippen molar-refractivity contribution in [3.63, 3.8) is 0 Å². The standard InChI is InChI=1S/2C14H23F5O2.C13H20F6O2/c2*1-6-12(4,5)11(20)21-10(7-9(2)3)13(15,16)8-14(17,18)19;1-7-9(2,3)8(20)21-10(4,5)11(6,12(14,15)16)13(17,18)19/h2*9-10H,6-8H2,1-5H3;7H2,1-6H3. The van der Waals surface area contributed by atoms with E-state index < -0.39 is 107 Å². The van der Waals surface area contributed by atoms with Gasteiger partial charge in [0.2, 0.25) is 0 Å². The monoisotopic (exact) mass is 958 g/mol. The Morgan fingerprint density at radius 1 is 0.429 bits per heavy atom. The van der Waals surface area contributed by atoms with Gasteiger partial charge in [-0.05, 0) is 106 Å². The van der Waals surface area contributed by atoms with Gasteiger partial charge in [-0.15, -0.1) is 0 Å². The third-order valence-electron chi connectivity index (χ3n) is 10.7. The van der Waals surface area contributed by atoms with Crippen LogP contribution in [-0.4, -0.2) is 72.3 Å². The zero-order valence-electron chi connectivity index (χ0n) is 38.8. The molecule has 0 fully saturated rings. The van der Waals surface area contributed by atoms with Crippen LogP contribution in [0.3, 0.4) is 0 Å². The van der Waals surface area contributed by atoms with E-state index in [2.05, 4.69) is 4.74 Å². The number of hydrogen-bond donors (Lipinski definition) is 0. The van der Waals surface area contributed by atoms with Crippen LogP contribution in [0.5, 0.6) is 0 Å². The zero-order valence-corrected chi connectivity index (χ0v) is 38.8. The molecule has 0 bridgehead atoms. The van der Waals surface area contributed by atoms with Crippen LogP contribution in [-0.2, 0) is 28.6 Å². The van der Waals surface area contributed by atoms with Gasteiger partial charge in [0.1, 0.15) is 18.4 Å². The van der Waals surface area contributed by atoms with Gasteiger partial charge in [0, 0.05) is 0 Å². The van der Waals surface area contributed by atoms with Crippen molar-refractivity contribution in [2.45, 2.75) is 210 Å². The molecule has 0 aliphatic heterocycles. The Labute approximate surface area is 360 Å². The van der Waals surface area contributed by atoms with Gasteiger partial charge in [-0.2, -0.15) is 52.7 Å². The van der Waals surface area contributed by atoms with Crippen LogP contribution in [0.4, 0.5) is 70.2 Å². The molecule has 0 radical (unpaired) electrons. The molecule has 0 heterocycles. The highest BCUT2D eigenvalue weighted by Gasteiger charge is 2.76. The van der Waals surface area contributed by atoms with E-state index in [-0.39, 0.29) is 38.0 Å². The third-order valence-corrected chi connectivity index (χ3v) is 10.7. The molecule has 63 heavy (non-hydrogen) atoms. The first-order valence-electron chi connectivity index (χ1n) is 20.0. The molecule has 0 rings (SSSR count). The van der Waals surface area contributed by atoms with Gasteiger partial charge in [0.25, 0.3) is 11.8 Å². The maximum atomic E-state index is 13.8. The van der Waals surface area contributed by atoms with Crippen LogP contribution in [0.15, 0.2) is 0 Å². The fraction of sp³-hybridized carbons (Fsp3) is 0.927. The van der Waals surface area contributed by atoms with E-state index in [0.717, 1.165) is 0 Å². The Hall–Kier alpha value is -2.71. The predicted octanol–water partition coefficient (Wildman–Crippen LogP) is 14.8. The molecular weight excluding hydrogens is 892 g/mol. The molecule has 0 aromatic rings. The van der Waals surface area contributed by atoms with Crippen molar-refractivity contribution in [2.75, 3.05) is 0 Å². The van der Waals surface area contributed by atoms with E-state index in [1.807, 2.05) is 0 Å². The highest BCUT2D eigenvalue weighted by Crippen LogP contribution is 2.57. The van der Waals surface area contributed by atoms with Gasteiger partial charge >= 0.3 is 42.6 Å². The van der Waals surface area contributed by atoms with Crippen molar-refractivity contribution in [2.24, 2.45) is 33.5 Å². The summed E-state index contributed by atoms with van der Waals surface area (Å²) in [4.78, 5) is 35.6. The minimum atomic E-state index is -5.62. The average Bonchev–Trinajstić information content (AvgIpc) is 3.03. The lowest BCUT2D eigenvalue weighted by Crippen LogP contribution is -2.62. The number of alkyl halides is 16. The summed E-state index contributed by atoms with van der Waals surface area (Å²) in [6, 6.07) is 0. The van der Waals surface area contributed by atoms with E-state index in [1.165, 1.54) is 41.5 Å². The molecule has 0 aromatic carbocycles. The number of rotatable bonds is 18. The summed E-state index contributed by atoms with van der Waals surface area (Å²) >= 11 is 0. The van der Waals surface area contributed by atoms with Gasteiger partial charge in [0.05, 0.1) is 16.2 Å². The molecule has 0 aliphatic carbocycles. The van der Waals surface area contributed by atoms with E-state index in [0.29, 0.717) is 26.7 Å². The van der Waals surface area contributed by atoms with Crippen LogP contribution >= 0.6 is 0 Å². The third kappa shape index (κ3) is 21.0. The van der Waals surface area contributed by atoms with Crippen molar-refractivity contribution < 1.29 is 98.8 Å². The molecule has 6 nitrogen and oxygen atoms in total. The van der Waals surface area contributed by atoms with Crippen molar-refractivity contribution in [1.29, 1.82) is 0 Å². The lowest BCUT2D eigenvalue weighted by molar-refractivity contribution is -0.377. The molecule has 0 aliphatic rings. The number of hydrogen-bond acceptors (Lipinski definition) is 6. The number of carbonyl (C=O) groups excluding carboxylic acids is 3. The number of halogens is 16. The Kier molecular flexibility index (Phi) is 23.2. The average molecular weight is 959 g/mol. The molecule has 0 aromatic heterocycles. The highest BCUT2D eigenvalue weighted by atomic mass is 19.4. The van der Waals surface area contributed by atoms with Crippen molar-refractivity contribution in [1.82, 2.24) is 0 Å². The maximum absolute atomic E-state index is 13.8. The van der Waals surface area contributed by atoms with Crippen LogP contribution in [0.2, 0.25) is 0 Å². The van der Waals surface area contributed by atoms with E-state index >= 15 is 0 Å². The van der Waals surface area contributed by atoms with Gasteiger partial charge in [-0.1, -0.05) is 48.5 Å². The summed E-state index contributed by atoms with van der Waals surface area (Å²) in [5, 5.41) is 0. The molecule has 0 amide bonds. The molecule has 0 spiro atoms. The Balaban J connectivity index is -0.000000857. The van der Waals surface area contributed by atoms with E-state index in [1.54, 1.807) is 48.5 Å². The lowest BCUT2D eigenvalue weighted by atomic mass is 9.73. The second-order valence-electron chi connectivity index (χ2n) is 18.9. The maximum Gasteiger partial charge on any atom is 0.406 e. The van der Waals surface area contributed by atoms with E-state index in [9.17, 15) is 84.6 Å². The number of ether oxygens (including phenoxy) is 3. The molecule has 378 valence electrons. The fourth-order valence-corrected chi connectivity index (χ4v) is 4.56. The van der Waals surface area contributed by atoms with Gasteiger partial charge in [-0.3, -0.25) is 14.4 Å². The molecule has 2 unspecified atom stereocenters. The summed E-state index contributed by atoms with van der Waals surface area (Å²) in [6.07, 6.45) is -29.8. The molecular formula is C41H66F16O6. The fourth-order valence-electron chi connectivity index (χ4n) is 4.56. The molecule has 0 saturated heterocycles. The predicted molar refractivity (Wildman–Crippen MR) is 203 cm³/mol. The minimum Gasteiger partial charge on any atom is -0.458 e. The Morgan fingerprint density at radius 2 is 0.667 bits per heavy atom. The number of esters is 3. The molecule has 2 atom stereocenters. The quantitative estimate of drug-likeness (QED) is 0.0774. The van der Waals surface area contributed by atoms with Crippen molar-refractivity contribution >= 4 is 17.9 Å². The van der Waals surface area contributed by atoms with Crippen molar-refractivity contribution in [3.05, 3.63) is 0 Å². The van der Waals surface area contributed by atoms with Gasteiger partial charge < -0.3 is 14.2 Å². The number of carbonyl (C=O) groups is 3. The second kappa shape index (κ2) is 22.7. The first-order valence-corrected chi connectivity index (χ1v) is 20.0. The first-order chi connectivity index (χ1) is 27.4. The zero-order chi connectivity index (χ0) is 51.6. The van der Waals surface area contributed by atoms with Crippen LogP contribution in [0, 0.1) is 33.5 Å². The van der Waals surface area contributed by atoms with E-state index in [4.69, 9.17) is 9.47 Å². The lowest BCUT2D eigenvalue weighted by Gasteiger charge is -2.45. The molecule has 22 heteroatoms. The molecule has 0 N–H and O–H groups in total. The summed E-state index contributed by atoms with van der Waals surface area (Å²) < 4.78 is 221. The summed E-state index contributed by atoms with van der Waals surface area (Å²) in [5.74, 6) is -11.8. The van der Waals surface area contributed by atoms with Crippen LogP contribution in [0.1, 0.15) is 156 Å². The normalized spacial score (nSPS) is 15.1. The van der Waals surface area contributed by atoms with Gasteiger partial charge in [-0.25, -0.2) is 17.6 Å². The SMILES string of the molecule is CCC(C)(C)C(=O)OC(C)(C)C(C)(C(F)(F)F)C(F)(F)F.CCC(C)(C)C(=O)OC(CC(C)C)C(F)(F)CC(F)(F)F.CCC(C)(C)C(=O)OC(CC(C)C)C(F)(F)CC(F)(F)F. The summed E-state index contributed by atoms with van der Waals surface area (Å²) in [5.41, 5.74) is -10.2. The minimum absolute atomic E-state index is 0.000768. The largest absolute Gasteiger partial charge is 0.458 e. The van der Waals surface area contributed by atoms with Crippen LogP contribution < -0.4 is 0 Å². The Morgan fingerprint density at radius 3 is 0.857 bits per heavy atom. The van der Waals surface area contributed by atoms with Crippen LogP contribution in [0.25, 0.3) is 0 Å². The summed E-state index contributed by atoms with van der Waals surface area (Å²) in [7, 11) is 0. The highest BCUT2D eigenvalue weighted by molar-refractivity contribution is 5.77. The molecule has 0 saturated carbocycles. The second-order valence-corrected chi connectivity index (χ2v) is 18.9. The van der Waals surface area contributed by atoms with Gasteiger partial charge in [0.15, 0.2) is 17.6 Å². The topological polar surface area (TPSA) is 78.9 Å². The smallest absolute Gasteiger partial charge is 0.406 e. The Bertz CT molecular complexity index is 1340. The first kappa shape index (κ1) is 64.6.